The SMILES string of the molecule is ClC1CCC(C2NNC(NCC34CC(CO3)C4)C3CCNCC32)CC1. The molecule has 0 radical (unpaired) electrons. The maximum atomic E-state index is 6.33. The van der Waals surface area contributed by atoms with Crippen molar-refractivity contribution >= 4 is 11.6 Å². The summed E-state index contributed by atoms with van der Waals surface area (Å²) in [6.07, 6.45) is 9.05. The summed E-state index contributed by atoms with van der Waals surface area (Å²) in [7, 11) is 0. The molecular formula is C19H33ClN4O. The van der Waals surface area contributed by atoms with Gasteiger partial charge in [-0.05, 0) is 81.7 Å². The van der Waals surface area contributed by atoms with Crippen molar-refractivity contribution in [3.8, 4) is 0 Å². The first-order chi connectivity index (χ1) is 12.2. The summed E-state index contributed by atoms with van der Waals surface area (Å²) in [6, 6.07) is 0.578. The molecule has 2 bridgehead atoms. The Bertz CT molecular complexity index is 473. The molecule has 4 heterocycles. The first-order valence-electron chi connectivity index (χ1n) is 10.5. The minimum atomic E-state index is 0.157. The van der Waals surface area contributed by atoms with Crippen molar-refractivity contribution < 1.29 is 4.74 Å². The summed E-state index contributed by atoms with van der Waals surface area (Å²) < 4.78 is 6.03. The van der Waals surface area contributed by atoms with Gasteiger partial charge in [0, 0.05) is 18.0 Å². The highest BCUT2D eigenvalue weighted by Gasteiger charge is 2.52. The molecule has 0 aromatic rings. The van der Waals surface area contributed by atoms with Gasteiger partial charge in [-0.25, -0.2) is 5.43 Å². The number of rotatable bonds is 4. The van der Waals surface area contributed by atoms with Crippen LogP contribution < -0.4 is 21.5 Å². The van der Waals surface area contributed by atoms with Gasteiger partial charge in [-0.2, -0.15) is 0 Å². The number of halogens is 1. The lowest BCUT2D eigenvalue weighted by Gasteiger charge is -2.51. The number of piperidine rings is 1. The lowest BCUT2D eigenvalue weighted by atomic mass is 9.70. The minimum absolute atomic E-state index is 0.157. The highest BCUT2D eigenvalue weighted by atomic mass is 35.5. The van der Waals surface area contributed by atoms with Crippen LogP contribution in [0.15, 0.2) is 0 Å². The second kappa shape index (κ2) is 6.92. The van der Waals surface area contributed by atoms with E-state index >= 15 is 0 Å². The second-order valence-electron chi connectivity index (χ2n) is 9.27. The molecule has 6 heteroatoms. The van der Waals surface area contributed by atoms with Crippen LogP contribution in [0, 0.1) is 23.7 Å². The van der Waals surface area contributed by atoms with Gasteiger partial charge in [0.25, 0.3) is 0 Å². The first kappa shape index (κ1) is 17.2. The summed E-state index contributed by atoms with van der Waals surface area (Å²) in [6.45, 7) is 4.28. The standard InChI is InChI=1S/C19H33ClN4O/c20-14-3-1-13(2-4-14)17-16-9-21-6-5-15(16)18(24-23-17)22-11-19-7-12(8-19)10-25-19/h12-18,21-24H,1-11H2. The van der Waals surface area contributed by atoms with E-state index in [0.717, 1.165) is 38.1 Å². The number of hydrazine groups is 1. The van der Waals surface area contributed by atoms with Gasteiger partial charge in [0.15, 0.2) is 0 Å². The van der Waals surface area contributed by atoms with Gasteiger partial charge < -0.3 is 10.1 Å². The molecule has 4 unspecified atom stereocenters. The van der Waals surface area contributed by atoms with Crippen LogP contribution >= 0.6 is 11.6 Å². The predicted octanol–water partition coefficient (Wildman–Crippen LogP) is 1.58. The normalized spacial score (nSPS) is 52.4. The monoisotopic (exact) mass is 368 g/mol. The Hall–Kier alpha value is 0.0900. The number of nitrogens with one attached hydrogen (secondary N) is 4. The molecule has 142 valence electrons. The molecule has 4 saturated heterocycles. The fraction of sp³-hybridized carbons (Fsp3) is 1.00. The zero-order chi connectivity index (χ0) is 16.9. The van der Waals surface area contributed by atoms with E-state index in [0.29, 0.717) is 29.4 Å². The molecule has 0 spiro atoms. The first-order valence-corrected chi connectivity index (χ1v) is 10.9. The van der Waals surface area contributed by atoms with E-state index < -0.39 is 0 Å². The van der Waals surface area contributed by atoms with Gasteiger partial charge in [0.2, 0.25) is 0 Å². The van der Waals surface area contributed by atoms with E-state index in [1.807, 2.05) is 0 Å². The van der Waals surface area contributed by atoms with Crippen LogP contribution in [0.2, 0.25) is 0 Å². The molecule has 6 aliphatic rings. The molecule has 6 fully saturated rings. The molecule has 25 heavy (non-hydrogen) atoms. The highest BCUT2D eigenvalue weighted by Crippen LogP contribution is 2.48. The zero-order valence-corrected chi connectivity index (χ0v) is 15.9. The molecule has 2 saturated carbocycles. The van der Waals surface area contributed by atoms with Crippen molar-refractivity contribution in [3.05, 3.63) is 0 Å². The molecule has 0 aromatic carbocycles. The Morgan fingerprint density at radius 3 is 2.64 bits per heavy atom. The molecule has 6 rings (SSSR count). The fourth-order valence-electron chi connectivity index (χ4n) is 6.23. The molecular weight excluding hydrogens is 336 g/mol. The van der Waals surface area contributed by atoms with E-state index in [4.69, 9.17) is 16.3 Å². The quantitative estimate of drug-likeness (QED) is 0.568. The van der Waals surface area contributed by atoms with Crippen LogP contribution in [-0.4, -0.2) is 49.4 Å². The Morgan fingerprint density at radius 2 is 1.88 bits per heavy atom. The average molecular weight is 369 g/mol. The lowest BCUT2D eigenvalue weighted by Crippen LogP contribution is -2.70. The van der Waals surface area contributed by atoms with E-state index in [-0.39, 0.29) is 5.60 Å². The molecule has 4 N–H and O–H groups in total. The van der Waals surface area contributed by atoms with E-state index in [1.165, 1.54) is 44.9 Å². The Morgan fingerprint density at radius 1 is 1.04 bits per heavy atom. The zero-order valence-electron chi connectivity index (χ0n) is 15.1. The van der Waals surface area contributed by atoms with Gasteiger partial charge in [0.1, 0.15) is 0 Å². The summed E-state index contributed by atoms with van der Waals surface area (Å²) in [4.78, 5) is 0. The Labute approximate surface area is 156 Å². The number of ether oxygens (including phenoxy) is 1. The molecule has 5 nitrogen and oxygen atoms in total. The van der Waals surface area contributed by atoms with Crippen LogP contribution in [0.5, 0.6) is 0 Å². The Kier molecular flexibility index (Phi) is 4.76. The fourth-order valence-corrected chi connectivity index (χ4v) is 6.48. The van der Waals surface area contributed by atoms with E-state index in [9.17, 15) is 0 Å². The maximum absolute atomic E-state index is 6.33. The van der Waals surface area contributed by atoms with Crippen molar-refractivity contribution in [2.75, 3.05) is 26.2 Å². The van der Waals surface area contributed by atoms with Gasteiger partial charge in [-0.1, -0.05) is 0 Å². The van der Waals surface area contributed by atoms with Crippen molar-refractivity contribution in [1.82, 2.24) is 21.5 Å². The van der Waals surface area contributed by atoms with Gasteiger partial charge in [-0.15, -0.1) is 11.6 Å². The van der Waals surface area contributed by atoms with Gasteiger partial charge in [-0.3, -0.25) is 10.7 Å². The summed E-state index contributed by atoms with van der Waals surface area (Å²) >= 11 is 6.33. The molecule has 0 aromatic heterocycles. The molecule has 0 amide bonds. The third-order valence-electron chi connectivity index (χ3n) is 7.68. The predicted molar refractivity (Wildman–Crippen MR) is 99.3 cm³/mol. The van der Waals surface area contributed by atoms with Crippen molar-refractivity contribution in [2.24, 2.45) is 23.7 Å². The van der Waals surface area contributed by atoms with Gasteiger partial charge in [0.05, 0.1) is 18.4 Å². The summed E-state index contributed by atoms with van der Waals surface area (Å²) in [5, 5.41) is 7.88. The number of hydrogen-bond acceptors (Lipinski definition) is 5. The largest absolute Gasteiger partial charge is 0.373 e. The van der Waals surface area contributed by atoms with Crippen LogP contribution in [0.25, 0.3) is 0 Å². The number of alkyl halides is 1. The highest BCUT2D eigenvalue weighted by molar-refractivity contribution is 6.20. The number of fused-ring (bicyclic) bond motifs is 2. The third-order valence-corrected chi connectivity index (χ3v) is 8.12. The topological polar surface area (TPSA) is 57.3 Å². The summed E-state index contributed by atoms with van der Waals surface area (Å²) in [5.41, 5.74) is 7.53. The smallest absolute Gasteiger partial charge is 0.0814 e. The van der Waals surface area contributed by atoms with Gasteiger partial charge >= 0.3 is 0 Å². The second-order valence-corrected chi connectivity index (χ2v) is 9.89. The van der Waals surface area contributed by atoms with Crippen LogP contribution in [0.4, 0.5) is 0 Å². The maximum Gasteiger partial charge on any atom is 0.0814 e. The van der Waals surface area contributed by atoms with Crippen LogP contribution in [0.3, 0.4) is 0 Å². The van der Waals surface area contributed by atoms with Crippen molar-refractivity contribution in [2.45, 2.75) is 68.1 Å². The molecule has 4 aliphatic heterocycles. The van der Waals surface area contributed by atoms with Crippen LogP contribution in [0.1, 0.15) is 44.9 Å². The lowest BCUT2D eigenvalue weighted by molar-refractivity contribution is -0.0171. The minimum Gasteiger partial charge on any atom is -0.373 e. The third kappa shape index (κ3) is 3.26. The molecule has 2 aliphatic carbocycles. The van der Waals surface area contributed by atoms with Crippen molar-refractivity contribution in [3.63, 3.8) is 0 Å². The summed E-state index contributed by atoms with van der Waals surface area (Å²) in [5.74, 6) is 3.02. The average Bonchev–Trinajstić information content (AvgIpc) is 3.21. The Balaban J connectivity index is 1.22. The van der Waals surface area contributed by atoms with E-state index in [1.54, 1.807) is 0 Å². The van der Waals surface area contributed by atoms with Crippen LogP contribution in [-0.2, 0) is 4.74 Å². The molecule has 4 atom stereocenters. The number of hydrogen-bond donors (Lipinski definition) is 4. The van der Waals surface area contributed by atoms with E-state index in [2.05, 4.69) is 21.5 Å². The van der Waals surface area contributed by atoms with Crippen molar-refractivity contribution in [1.29, 1.82) is 0 Å².